The molecule has 2 heterocycles. The summed E-state index contributed by atoms with van der Waals surface area (Å²) >= 11 is 0.625. The van der Waals surface area contributed by atoms with Crippen molar-refractivity contribution in [3.8, 4) is 0 Å². The minimum absolute atomic E-state index is 0.141. The summed E-state index contributed by atoms with van der Waals surface area (Å²) in [7, 11) is 0. The number of rotatable bonds is 5. The second-order valence-electron chi connectivity index (χ2n) is 8.20. The molecule has 0 unspecified atom stereocenters. The Morgan fingerprint density at radius 1 is 0.679 bits per heavy atom. The van der Waals surface area contributed by atoms with Crippen molar-refractivity contribution in [2.24, 2.45) is 9.98 Å². The van der Waals surface area contributed by atoms with Crippen LogP contribution in [-0.2, 0) is 9.47 Å². The molecule has 2 aliphatic heterocycles. The van der Waals surface area contributed by atoms with Gasteiger partial charge in [0.15, 0.2) is 0 Å². The van der Waals surface area contributed by atoms with Crippen LogP contribution in [0.5, 0.6) is 0 Å². The molecule has 0 fully saturated rings. The molecule has 0 atom stereocenters. The first-order valence-electron chi connectivity index (χ1n) is 9.32. The van der Waals surface area contributed by atoms with Gasteiger partial charge in [-0.3, -0.25) is 0 Å². The maximum absolute atomic E-state index is 5.90. The molecule has 0 amide bonds. The van der Waals surface area contributed by atoms with E-state index < -0.39 is 0 Å². The number of hydrogen-bond donors (Lipinski definition) is 0. The summed E-state index contributed by atoms with van der Waals surface area (Å²) in [4.78, 5) is 9.55. The molecule has 28 heavy (non-hydrogen) atoms. The van der Waals surface area contributed by atoms with Crippen molar-refractivity contribution in [3.63, 3.8) is 0 Å². The third-order valence-corrected chi connectivity index (χ3v) is 11.6. The summed E-state index contributed by atoms with van der Waals surface area (Å²) in [5.41, 5.74) is 2.00. The number of aliphatic imine (C=N–C) groups is 2. The Labute approximate surface area is 177 Å². The second kappa shape index (κ2) is 7.68. The van der Waals surface area contributed by atoms with Gasteiger partial charge in [-0.15, -0.1) is 0 Å². The summed E-state index contributed by atoms with van der Waals surface area (Å²) in [5, 5.41) is 0. The predicted octanol–water partition coefficient (Wildman–Crippen LogP) is 2.07. The molecule has 0 N–H and O–H groups in total. The average Bonchev–Trinajstić information content (AvgIpc) is 3.21. The summed E-state index contributed by atoms with van der Waals surface area (Å²) in [6.07, 6.45) is 0. The van der Waals surface area contributed by atoms with Gasteiger partial charge in [0, 0.05) is 0 Å². The molecule has 0 bridgehead atoms. The quantitative estimate of drug-likeness (QED) is 0.584. The normalized spacial score (nSPS) is 19.6. The zero-order valence-corrected chi connectivity index (χ0v) is 20.0. The Bertz CT molecular complexity index is 874. The van der Waals surface area contributed by atoms with Crippen molar-refractivity contribution in [1.29, 1.82) is 0 Å². The van der Waals surface area contributed by atoms with Crippen LogP contribution >= 0.6 is 0 Å². The molecule has 0 spiro atoms. The van der Waals surface area contributed by atoms with E-state index in [0.29, 0.717) is 39.5 Å². The van der Waals surface area contributed by atoms with Gasteiger partial charge in [-0.1, -0.05) is 0 Å². The van der Waals surface area contributed by atoms with E-state index in [0.717, 1.165) is 22.9 Å². The van der Waals surface area contributed by atoms with E-state index in [9.17, 15) is 0 Å². The Kier molecular flexibility index (Phi) is 5.41. The fourth-order valence-electron chi connectivity index (χ4n) is 2.97. The zero-order valence-electron chi connectivity index (χ0n) is 16.6. The topological polar surface area (TPSA) is 43.2 Å². The first-order chi connectivity index (χ1) is 13.3. The fraction of sp³-hybridized carbons (Fsp3) is 0.364. The number of ether oxygens (including phenoxy) is 2. The van der Waals surface area contributed by atoms with Gasteiger partial charge in [-0.25, -0.2) is 0 Å². The maximum atomic E-state index is 5.90. The van der Waals surface area contributed by atoms with Crippen LogP contribution in [0.1, 0.15) is 38.8 Å². The molecule has 0 aromatic heterocycles. The Morgan fingerprint density at radius 3 is 1.43 bits per heavy atom. The number of nitrogens with zero attached hydrogens (tertiary/aromatic N) is 2. The van der Waals surface area contributed by atoms with E-state index in [2.05, 4.69) is 76.2 Å². The van der Waals surface area contributed by atoms with Crippen LogP contribution in [0.3, 0.4) is 0 Å². The number of hydrogen-bond acceptors (Lipinski definition) is 4. The van der Waals surface area contributed by atoms with Crippen LogP contribution in [-0.4, -0.2) is 62.3 Å². The van der Waals surface area contributed by atoms with Crippen LogP contribution in [0.25, 0.3) is 0 Å². The van der Waals surface area contributed by atoms with Crippen molar-refractivity contribution in [3.05, 3.63) is 59.7 Å². The Hall–Kier alpha value is -1.58. The third-order valence-electron chi connectivity index (χ3n) is 4.39. The molecule has 2 aromatic carbocycles. The van der Waals surface area contributed by atoms with Gasteiger partial charge in [0.2, 0.25) is 0 Å². The predicted molar refractivity (Wildman–Crippen MR) is 117 cm³/mol. The molecule has 0 aliphatic carbocycles. The van der Waals surface area contributed by atoms with Gasteiger partial charge in [0.05, 0.1) is 0 Å². The summed E-state index contributed by atoms with van der Waals surface area (Å²) < 4.78 is 14.5. The Morgan fingerprint density at radius 2 is 1.07 bits per heavy atom. The van der Waals surface area contributed by atoms with E-state index in [4.69, 9.17) is 19.5 Å². The van der Waals surface area contributed by atoms with Gasteiger partial charge >= 0.3 is 178 Å². The van der Waals surface area contributed by atoms with E-state index in [1.165, 1.54) is 8.92 Å². The molecule has 2 aliphatic rings. The van der Waals surface area contributed by atoms with Gasteiger partial charge in [-0.2, -0.15) is 0 Å². The van der Waals surface area contributed by atoms with Crippen LogP contribution < -0.4 is 8.92 Å². The van der Waals surface area contributed by atoms with Crippen LogP contribution in [0.15, 0.2) is 58.5 Å². The minimum atomic E-state index is -0.141. The molecule has 4 nitrogen and oxygen atoms in total. The van der Waals surface area contributed by atoms with Crippen molar-refractivity contribution >= 4 is 47.0 Å². The molecule has 4 rings (SSSR count). The Balaban J connectivity index is 1.58. The zero-order chi connectivity index (χ0) is 19.8. The molecule has 6 heteroatoms. The molecular formula is C22H24N2O2Se2. The van der Waals surface area contributed by atoms with Crippen LogP contribution in [0.2, 0.25) is 0 Å². The molecule has 2 aromatic rings. The van der Waals surface area contributed by atoms with Gasteiger partial charge in [0.25, 0.3) is 0 Å². The standard InChI is InChI=1S/C22H24N2O2Se2/c1-21(2)13-25-19(23-21)15-9-5-7-11-17(15)27-28-18-12-8-6-10-16(18)20-24-22(3,4)14-26-20/h5-12H,13-14H2,1-4H3. The van der Waals surface area contributed by atoms with Crippen molar-refractivity contribution in [2.75, 3.05) is 13.2 Å². The van der Waals surface area contributed by atoms with Crippen molar-refractivity contribution in [2.45, 2.75) is 38.8 Å². The molecule has 0 radical (unpaired) electrons. The summed E-state index contributed by atoms with van der Waals surface area (Å²) in [6, 6.07) is 17.0. The third kappa shape index (κ3) is 4.36. The molecule has 0 saturated heterocycles. The van der Waals surface area contributed by atoms with E-state index in [1.54, 1.807) is 0 Å². The number of benzene rings is 2. The first kappa shape index (κ1) is 19.7. The van der Waals surface area contributed by atoms with Gasteiger partial charge in [0.1, 0.15) is 0 Å². The van der Waals surface area contributed by atoms with Gasteiger partial charge in [-0.05, 0) is 0 Å². The van der Waals surface area contributed by atoms with Crippen LogP contribution in [0, 0.1) is 0 Å². The van der Waals surface area contributed by atoms with Crippen molar-refractivity contribution < 1.29 is 9.47 Å². The second-order valence-corrected chi connectivity index (χ2v) is 14.4. The van der Waals surface area contributed by atoms with Gasteiger partial charge < -0.3 is 0 Å². The van der Waals surface area contributed by atoms with E-state index >= 15 is 0 Å². The fourth-order valence-corrected chi connectivity index (χ4v) is 10.1. The molecular weight excluding hydrogens is 482 g/mol. The molecule has 146 valence electrons. The summed E-state index contributed by atoms with van der Waals surface area (Å²) in [5.74, 6) is 1.58. The SMILES string of the molecule is CC1(C)COC(c2ccccc2[Se][Se]c2ccccc2C2=NC(C)(C)CO2)=N1. The van der Waals surface area contributed by atoms with Crippen LogP contribution in [0.4, 0.5) is 0 Å². The average molecular weight is 506 g/mol. The van der Waals surface area contributed by atoms with E-state index in [1.807, 2.05) is 0 Å². The van der Waals surface area contributed by atoms with Crippen molar-refractivity contribution in [1.82, 2.24) is 0 Å². The monoisotopic (exact) mass is 508 g/mol. The first-order valence-corrected chi connectivity index (χ1v) is 15.4. The molecule has 0 saturated carbocycles. The summed E-state index contributed by atoms with van der Waals surface area (Å²) in [6.45, 7) is 9.72. The van der Waals surface area contributed by atoms with E-state index in [-0.39, 0.29) is 11.1 Å².